The van der Waals surface area contributed by atoms with Gasteiger partial charge in [-0.2, -0.15) is 5.10 Å². The molecule has 0 unspecified atom stereocenters. The first kappa shape index (κ1) is 17.5. The molecule has 1 saturated heterocycles. The minimum Gasteiger partial charge on any atom is -0.493 e. The van der Waals surface area contributed by atoms with Crippen molar-refractivity contribution in [3.63, 3.8) is 0 Å². The summed E-state index contributed by atoms with van der Waals surface area (Å²) in [6.07, 6.45) is 3.75. The first-order valence-corrected chi connectivity index (χ1v) is 8.54. The molecule has 0 spiro atoms. The molecule has 2 aliphatic rings. The van der Waals surface area contributed by atoms with Crippen molar-refractivity contribution in [2.75, 3.05) is 27.8 Å². The molecule has 2 atom stereocenters. The summed E-state index contributed by atoms with van der Waals surface area (Å²) in [7, 11) is 5.47. The Morgan fingerprint density at radius 1 is 1.32 bits per heavy atom. The zero-order chi connectivity index (χ0) is 18.0. The number of hydrazone groups is 1. The Kier molecular flexibility index (Phi) is 4.85. The summed E-state index contributed by atoms with van der Waals surface area (Å²) in [5.74, 6) is 1.51. The number of nitrogens with one attached hydrogen (secondary N) is 1. The molecule has 2 fully saturated rings. The summed E-state index contributed by atoms with van der Waals surface area (Å²) in [4.78, 5) is 13.3. The number of rotatable bonds is 4. The van der Waals surface area contributed by atoms with Gasteiger partial charge in [-0.25, -0.2) is 10.2 Å². The molecule has 25 heavy (non-hydrogen) atoms. The number of likely N-dealkylation sites (tertiary alicyclic amines) is 1. The normalized spacial score (nSPS) is 27.8. The number of hydrogen-bond donors (Lipinski definition) is 2. The highest BCUT2D eigenvalue weighted by Gasteiger charge is 2.49. The van der Waals surface area contributed by atoms with Crippen molar-refractivity contribution < 1.29 is 14.3 Å². The molecule has 1 saturated carbocycles. The average Bonchev–Trinajstić information content (AvgIpc) is 2.97. The lowest BCUT2D eigenvalue weighted by Gasteiger charge is -2.42. The van der Waals surface area contributed by atoms with Crippen LogP contribution in [0.15, 0.2) is 23.3 Å². The lowest BCUT2D eigenvalue weighted by Crippen LogP contribution is -2.46. The van der Waals surface area contributed by atoms with Crippen molar-refractivity contribution in [2.45, 2.75) is 37.1 Å². The number of nitrogens with zero attached hydrogens (tertiary/aromatic N) is 2. The SMILES string of the molecule is COc1ccc([C@@]23CC/C(=N\NC(N)=O)C[C@@H]2N(C)CC3)cc1OC. The van der Waals surface area contributed by atoms with Crippen LogP contribution in [0.3, 0.4) is 0 Å². The smallest absolute Gasteiger partial charge is 0.332 e. The van der Waals surface area contributed by atoms with E-state index in [1.807, 2.05) is 6.07 Å². The number of benzene rings is 1. The summed E-state index contributed by atoms with van der Waals surface area (Å²) in [5, 5.41) is 4.18. The van der Waals surface area contributed by atoms with E-state index in [1.165, 1.54) is 5.56 Å². The van der Waals surface area contributed by atoms with Gasteiger partial charge in [0.05, 0.1) is 14.2 Å². The quantitative estimate of drug-likeness (QED) is 0.814. The summed E-state index contributed by atoms with van der Waals surface area (Å²) < 4.78 is 10.9. The highest BCUT2D eigenvalue weighted by Crippen LogP contribution is 2.49. The third-order valence-corrected chi connectivity index (χ3v) is 5.65. The lowest BCUT2D eigenvalue weighted by molar-refractivity contribution is 0.225. The van der Waals surface area contributed by atoms with Crippen molar-refractivity contribution >= 4 is 11.7 Å². The molecule has 7 heteroatoms. The first-order valence-electron chi connectivity index (χ1n) is 8.54. The number of urea groups is 1. The molecular formula is C18H26N4O3. The van der Waals surface area contributed by atoms with Crippen LogP contribution in [-0.2, 0) is 5.41 Å². The van der Waals surface area contributed by atoms with Crippen LogP contribution in [-0.4, -0.2) is 50.5 Å². The molecule has 1 heterocycles. The highest BCUT2D eigenvalue weighted by atomic mass is 16.5. The van der Waals surface area contributed by atoms with E-state index in [-0.39, 0.29) is 5.41 Å². The van der Waals surface area contributed by atoms with Crippen LogP contribution in [0.5, 0.6) is 11.5 Å². The molecule has 1 aromatic carbocycles. The Balaban J connectivity index is 1.92. The van der Waals surface area contributed by atoms with Crippen molar-refractivity contribution in [1.29, 1.82) is 0 Å². The Morgan fingerprint density at radius 3 is 2.76 bits per heavy atom. The molecule has 0 radical (unpaired) electrons. The molecule has 1 aliphatic heterocycles. The molecule has 1 aliphatic carbocycles. The number of fused-ring (bicyclic) bond motifs is 1. The van der Waals surface area contributed by atoms with E-state index in [0.717, 1.165) is 49.4 Å². The van der Waals surface area contributed by atoms with Crippen molar-refractivity contribution in [3.8, 4) is 11.5 Å². The number of nitrogens with two attached hydrogens (primary N) is 1. The second-order valence-corrected chi connectivity index (χ2v) is 6.83. The minimum absolute atomic E-state index is 0.0695. The second-order valence-electron chi connectivity index (χ2n) is 6.83. The van der Waals surface area contributed by atoms with Gasteiger partial charge in [-0.15, -0.1) is 0 Å². The molecule has 3 rings (SSSR count). The standard InChI is InChI=1S/C18H26N4O3/c1-22-9-8-18(12-4-5-14(24-2)15(10-12)25-3)7-6-13(11-16(18)22)20-21-17(19)23/h4-5,10,16H,6-9,11H2,1-3H3,(H3,19,21,23)/b20-13+/t16-,18-/m0/s1. The summed E-state index contributed by atoms with van der Waals surface area (Å²) in [5.41, 5.74) is 9.84. The fourth-order valence-corrected chi connectivity index (χ4v) is 4.32. The van der Waals surface area contributed by atoms with Gasteiger partial charge in [-0.3, -0.25) is 0 Å². The molecule has 136 valence electrons. The molecule has 3 N–H and O–H groups in total. The van der Waals surface area contributed by atoms with Crippen molar-refractivity contribution in [2.24, 2.45) is 10.8 Å². The summed E-state index contributed by atoms with van der Waals surface area (Å²) in [6, 6.07) is 5.96. The number of carbonyl (C=O) groups is 1. The number of primary amides is 1. The summed E-state index contributed by atoms with van der Waals surface area (Å²) in [6.45, 7) is 1.04. The van der Waals surface area contributed by atoms with E-state index in [0.29, 0.717) is 6.04 Å². The highest BCUT2D eigenvalue weighted by molar-refractivity contribution is 5.87. The van der Waals surface area contributed by atoms with Crippen LogP contribution in [0.1, 0.15) is 31.2 Å². The minimum atomic E-state index is -0.621. The number of likely N-dealkylation sites (N-methyl/N-ethyl adjacent to an activating group) is 1. The topological polar surface area (TPSA) is 89.2 Å². The lowest BCUT2D eigenvalue weighted by atomic mass is 9.65. The van der Waals surface area contributed by atoms with Gasteiger partial charge in [0.2, 0.25) is 0 Å². The van der Waals surface area contributed by atoms with Gasteiger partial charge < -0.3 is 20.1 Å². The Morgan fingerprint density at radius 2 is 2.08 bits per heavy atom. The predicted molar refractivity (Wildman–Crippen MR) is 96.3 cm³/mol. The average molecular weight is 346 g/mol. The maximum absolute atomic E-state index is 10.9. The molecule has 7 nitrogen and oxygen atoms in total. The maximum atomic E-state index is 10.9. The largest absolute Gasteiger partial charge is 0.493 e. The third kappa shape index (κ3) is 3.16. The van der Waals surface area contributed by atoms with Crippen LogP contribution >= 0.6 is 0 Å². The number of methoxy groups -OCH3 is 2. The zero-order valence-electron chi connectivity index (χ0n) is 15.0. The van der Waals surface area contributed by atoms with Crippen LogP contribution in [0.2, 0.25) is 0 Å². The summed E-state index contributed by atoms with van der Waals surface area (Å²) >= 11 is 0. The van der Waals surface area contributed by atoms with Crippen molar-refractivity contribution in [3.05, 3.63) is 23.8 Å². The van der Waals surface area contributed by atoms with Gasteiger partial charge >= 0.3 is 6.03 Å². The Hall–Kier alpha value is -2.28. The van der Waals surface area contributed by atoms with E-state index < -0.39 is 6.03 Å². The van der Waals surface area contributed by atoms with Gasteiger partial charge in [0, 0.05) is 23.6 Å². The van der Waals surface area contributed by atoms with Gasteiger partial charge in [0.25, 0.3) is 0 Å². The second kappa shape index (κ2) is 6.92. The molecule has 1 aromatic rings. The Bertz CT molecular complexity index is 691. The Labute approximate surface area is 148 Å². The van der Waals surface area contributed by atoms with Crippen molar-refractivity contribution in [1.82, 2.24) is 10.3 Å². The molecule has 0 aromatic heterocycles. The third-order valence-electron chi connectivity index (χ3n) is 5.65. The van der Waals surface area contributed by atoms with Gasteiger partial charge in [0.1, 0.15) is 0 Å². The van der Waals surface area contributed by atoms with E-state index >= 15 is 0 Å². The fourth-order valence-electron chi connectivity index (χ4n) is 4.32. The van der Waals surface area contributed by atoms with Crippen LogP contribution in [0.25, 0.3) is 0 Å². The van der Waals surface area contributed by atoms with Crippen LogP contribution < -0.4 is 20.6 Å². The first-order chi connectivity index (χ1) is 12.0. The van der Waals surface area contributed by atoms with E-state index in [9.17, 15) is 4.79 Å². The maximum Gasteiger partial charge on any atom is 0.332 e. The van der Waals surface area contributed by atoms with E-state index in [1.54, 1.807) is 14.2 Å². The van der Waals surface area contributed by atoms with Crippen LogP contribution in [0, 0.1) is 0 Å². The molecule has 2 amide bonds. The number of hydrogen-bond acceptors (Lipinski definition) is 5. The number of ether oxygens (including phenoxy) is 2. The number of amides is 2. The molecule has 0 bridgehead atoms. The van der Waals surface area contributed by atoms with E-state index in [2.05, 4.69) is 34.6 Å². The van der Waals surface area contributed by atoms with E-state index in [4.69, 9.17) is 15.2 Å². The zero-order valence-corrected chi connectivity index (χ0v) is 15.0. The number of carbonyl (C=O) groups excluding carboxylic acids is 1. The van der Waals surface area contributed by atoms with Gasteiger partial charge in [0.15, 0.2) is 11.5 Å². The van der Waals surface area contributed by atoms with Gasteiger partial charge in [-0.05, 0) is 50.6 Å². The van der Waals surface area contributed by atoms with Crippen LogP contribution in [0.4, 0.5) is 4.79 Å². The molecular weight excluding hydrogens is 320 g/mol. The van der Waals surface area contributed by atoms with Gasteiger partial charge in [-0.1, -0.05) is 6.07 Å². The fraction of sp³-hybridized carbons (Fsp3) is 0.556. The monoisotopic (exact) mass is 346 g/mol. The predicted octanol–water partition coefficient (Wildman–Crippen LogP) is 1.85.